The molecular weight excluding hydrogens is 621 g/mol. The summed E-state index contributed by atoms with van der Waals surface area (Å²) in [5.41, 5.74) is 6.19. The summed E-state index contributed by atoms with van der Waals surface area (Å²) in [6.45, 7) is 11.4. The molecule has 0 aliphatic carbocycles. The summed E-state index contributed by atoms with van der Waals surface area (Å²) < 4.78 is 2.20. The van der Waals surface area contributed by atoms with Crippen LogP contribution in [0.1, 0.15) is 90.5 Å². The fourth-order valence-corrected chi connectivity index (χ4v) is 7.48. The van der Waals surface area contributed by atoms with E-state index in [1.807, 2.05) is 55.5 Å². The van der Waals surface area contributed by atoms with Gasteiger partial charge in [0.25, 0.3) is 5.91 Å². The van der Waals surface area contributed by atoms with Gasteiger partial charge in [0.05, 0.1) is 23.1 Å². The number of aryl methyl sites for hydroxylation is 2. The van der Waals surface area contributed by atoms with E-state index >= 15 is 0 Å². The Labute approximate surface area is 288 Å². The van der Waals surface area contributed by atoms with Gasteiger partial charge in [0.15, 0.2) is 0 Å². The normalized spacial score (nSPS) is 14.4. The summed E-state index contributed by atoms with van der Waals surface area (Å²) in [6.07, 6.45) is 6.09. The molecule has 1 saturated heterocycles. The third kappa shape index (κ3) is 8.94. The fraction of sp³-hybridized carbons (Fsp3) is 0.436. The van der Waals surface area contributed by atoms with Gasteiger partial charge in [-0.2, -0.15) is 0 Å². The van der Waals surface area contributed by atoms with Crippen LogP contribution in [0.4, 0.5) is 0 Å². The van der Waals surface area contributed by atoms with Crippen molar-refractivity contribution in [3.63, 3.8) is 0 Å². The van der Waals surface area contributed by atoms with Gasteiger partial charge in [-0.15, -0.1) is 0 Å². The molecule has 4 aromatic rings. The van der Waals surface area contributed by atoms with E-state index in [2.05, 4.69) is 35.6 Å². The lowest BCUT2D eigenvalue weighted by atomic mass is 9.98. The average molecular weight is 669 g/mol. The summed E-state index contributed by atoms with van der Waals surface area (Å²) in [5, 5.41) is 13.1. The van der Waals surface area contributed by atoms with Gasteiger partial charge in [0.1, 0.15) is 5.82 Å². The molecule has 48 heavy (non-hydrogen) atoms. The third-order valence-corrected chi connectivity index (χ3v) is 9.98. The van der Waals surface area contributed by atoms with Crippen molar-refractivity contribution in [1.29, 1.82) is 0 Å². The summed E-state index contributed by atoms with van der Waals surface area (Å²) in [4.78, 5) is 45.6. The first kappa shape index (κ1) is 35.4. The molecule has 1 aromatic heterocycles. The second-order valence-electron chi connectivity index (χ2n) is 13.4. The largest absolute Gasteiger partial charge is 0.478 e. The van der Waals surface area contributed by atoms with Gasteiger partial charge >= 0.3 is 5.97 Å². The highest BCUT2D eigenvalue weighted by Crippen LogP contribution is 2.27. The molecule has 8 nitrogen and oxygen atoms in total. The lowest BCUT2D eigenvalue weighted by molar-refractivity contribution is -0.112. The van der Waals surface area contributed by atoms with Crippen LogP contribution in [-0.2, 0) is 17.8 Å². The number of nitrogens with zero attached hydrogens (tertiary/aromatic N) is 3. The van der Waals surface area contributed by atoms with E-state index in [1.54, 1.807) is 12.1 Å². The lowest BCUT2D eigenvalue weighted by Crippen LogP contribution is -2.39. The lowest BCUT2D eigenvalue weighted by Gasteiger charge is -2.26. The number of aromatic nitrogens is 2. The van der Waals surface area contributed by atoms with Crippen LogP contribution in [0.15, 0.2) is 60.7 Å². The molecule has 0 saturated carbocycles. The molecule has 2 heterocycles. The van der Waals surface area contributed by atoms with Crippen molar-refractivity contribution in [1.82, 2.24) is 19.8 Å². The van der Waals surface area contributed by atoms with Gasteiger partial charge < -0.3 is 15.0 Å². The van der Waals surface area contributed by atoms with Crippen LogP contribution in [0.2, 0.25) is 0 Å². The quantitative estimate of drug-likeness (QED) is 0.143. The first-order valence-corrected chi connectivity index (χ1v) is 18.2. The van der Waals surface area contributed by atoms with E-state index < -0.39 is 5.97 Å². The van der Waals surface area contributed by atoms with Crippen molar-refractivity contribution in [2.45, 2.75) is 78.8 Å². The molecule has 5 rings (SSSR count). The van der Waals surface area contributed by atoms with E-state index in [0.717, 1.165) is 78.7 Å². The SMILES string of the molecule is CCCc1nc2c(C)cc(C(=O)N[C@@H](CSC(=O)CN3CCCCC3)CC(C)C)cc2n1Cc1ccc(-c2ccccc2C(=O)O)cc1. The van der Waals surface area contributed by atoms with Crippen LogP contribution in [0, 0.1) is 12.8 Å². The Morgan fingerprint density at radius 1 is 1.00 bits per heavy atom. The van der Waals surface area contributed by atoms with Crippen molar-refractivity contribution >= 4 is 39.8 Å². The van der Waals surface area contributed by atoms with E-state index in [4.69, 9.17) is 4.98 Å². The highest BCUT2D eigenvalue weighted by molar-refractivity contribution is 8.13. The Balaban J connectivity index is 1.35. The number of likely N-dealkylation sites (tertiary alicyclic amines) is 1. The van der Waals surface area contributed by atoms with Gasteiger partial charge in [-0.1, -0.05) is 81.4 Å². The number of hydrogen-bond acceptors (Lipinski definition) is 6. The smallest absolute Gasteiger partial charge is 0.336 e. The van der Waals surface area contributed by atoms with Crippen LogP contribution in [0.3, 0.4) is 0 Å². The first-order valence-electron chi connectivity index (χ1n) is 17.2. The standard InChI is InChI=1S/C39H48N4O4S/c1-5-11-35-41-37-27(4)21-30(38(45)40-31(20-26(2)3)25-48-36(44)24-42-18-9-6-10-19-42)22-34(37)43(35)23-28-14-16-29(17-15-28)32-12-7-8-13-33(32)39(46)47/h7-8,12-17,21-22,26,31H,5-6,9-11,18-20,23-25H2,1-4H3,(H,40,45)(H,46,47)/t31-/m1/s1. The zero-order valence-electron chi connectivity index (χ0n) is 28.6. The van der Waals surface area contributed by atoms with Crippen molar-refractivity contribution in [3.05, 3.63) is 88.7 Å². The van der Waals surface area contributed by atoms with Crippen molar-refractivity contribution in [2.75, 3.05) is 25.4 Å². The maximum absolute atomic E-state index is 13.8. The van der Waals surface area contributed by atoms with E-state index in [1.165, 1.54) is 18.2 Å². The molecule has 0 radical (unpaired) electrons. The number of nitrogens with one attached hydrogen (secondary N) is 1. The number of rotatable bonds is 14. The Morgan fingerprint density at radius 3 is 2.42 bits per heavy atom. The number of benzene rings is 3. The molecule has 254 valence electrons. The van der Waals surface area contributed by atoms with Gasteiger partial charge in [-0.05, 0) is 92.1 Å². The summed E-state index contributed by atoms with van der Waals surface area (Å²) in [5.74, 6) is 0.813. The number of carboxylic acids is 1. The molecule has 0 spiro atoms. The molecule has 1 aliphatic heterocycles. The zero-order chi connectivity index (χ0) is 34.2. The van der Waals surface area contributed by atoms with Crippen LogP contribution in [0.25, 0.3) is 22.2 Å². The maximum Gasteiger partial charge on any atom is 0.336 e. The predicted octanol–water partition coefficient (Wildman–Crippen LogP) is 7.60. The average Bonchev–Trinajstić information content (AvgIpc) is 3.41. The molecule has 1 aliphatic rings. The fourth-order valence-electron chi connectivity index (χ4n) is 6.60. The van der Waals surface area contributed by atoms with Crippen LogP contribution >= 0.6 is 11.8 Å². The second kappa shape index (κ2) is 16.4. The molecule has 0 bridgehead atoms. The number of imidazole rings is 1. The second-order valence-corrected chi connectivity index (χ2v) is 14.5. The first-order chi connectivity index (χ1) is 23.1. The van der Waals surface area contributed by atoms with E-state index in [9.17, 15) is 19.5 Å². The van der Waals surface area contributed by atoms with Crippen molar-refractivity contribution in [2.24, 2.45) is 5.92 Å². The molecule has 2 N–H and O–H groups in total. The number of amides is 1. The summed E-state index contributed by atoms with van der Waals surface area (Å²) in [7, 11) is 0. The zero-order valence-corrected chi connectivity index (χ0v) is 29.4. The van der Waals surface area contributed by atoms with Crippen molar-refractivity contribution < 1.29 is 19.5 Å². The molecular formula is C39H48N4O4S. The van der Waals surface area contributed by atoms with Crippen LogP contribution in [0.5, 0.6) is 0 Å². The minimum atomic E-state index is -0.949. The van der Waals surface area contributed by atoms with E-state index in [0.29, 0.717) is 35.9 Å². The number of thioether (sulfide) groups is 1. The van der Waals surface area contributed by atoms with Gasteiger partial charge in [-0.3, -0.25) is 14.5 Å². The predicted molar refractivity (Wildman–Crippen MR) is 195 cm³/mol. The number of piperidine rings is 1. The summed E-state index contributed by atoms with van der Waals surface area (Å²) >= 11 is 1.34. The number of carbonyl (C=O) groups excluding carboxylic acids is 2. The molecule has 0 unspecified atom stereocenters. The number of carbonyl (C=O) groups is 3. The topological polar surface area (TPSA) is 105 Å². The number of carboxylic acid groups (broad SMARTS) is 1. The van der Waals surface area contributed by atoms with Gasteiger partial charge in [0.2, 0.25) is 5.12 Å². The number of aromatic carboxylic acids is 1. The molecule has 1 fully saturated rings. The number of hydrogen-bond donors (Lipinski definition) is 2. The van der Waals surface area contributed by atoms with Crippen molar-refractivity contribution in [3.8, 4) is 11.1 Å². The highest BCUT2D eigenvalue weighted by atomic mass is 32.2. The highest BCUT2D eigenvalue weighted by Gasteiger charge is 2.22. The van der Waals surface area contributed by atoms with E-state index in [-0.39, 0.29) is 22.6 Å². The van der Waals surface area contributed by atoms with Crippen LogP contribution in [-0.4, -0.2) is 68.0 Å². The van der Waals surface area contributed by atoms with Gasteiger partial charge in [-0.25, -0.2) is 9.78 Å². The Morgan fingerprint density at radius 2 is 1.73 bits per heavy atom. The number of fused-ring (bicyclic) bond motifs is 1. The monoisotopic (exact) mass is 668 g/mol. The molecule has 9 heteroatoms. The minimum Gasteiger partial charge on any atom is -0.478 e. The van der Waals surface area contributed by atoms with Gasteiger partial charge in [0, 0.05) is 30.3 Å². The molecule has 1 atom stereocenters. The Hall–Kier alpha value is -3.95. The third-order valence-electron chi connectivity index (χ3n) is 8.96. The Bertz CT molecular complexity index is 1740. The molecule has 1 amide bonds. The molecule has 3 aromatic carbocycles. The minimum absolute atomic E-state index is 0.117. The maximum atomic E-state index is 13.8. The Kier molecular flexibility index (Phi) is 12.1. The van der Waals surface area contributed by atoms with Crippen LogP contribution < -0.4 is 5.32 Å². The summed E-state index contributed by atoms with van der Waals surface area (Å²) in [6, 6.07) is 18.8.